The van der Waals surface area contributed by atoms with Gasteiger partial charge in [0.05, 0.1) is 18.9 Å². The van der Waals surface area contributed by atoms with Crippen LogP contribution in [0.1, 0.15) is 38.3 Å². The lowest BCUT2D eigenvalue weighted by atomic mass is 10.0. The number of rotatable bonds is 7. The number of hydrogen-bond acceptors (Lipinski definition) is 7. The van der Waals surface area contributed by atoms with Crippen LogP contribution in [0.4, 0.5) is 16.3 Å². The Balaban J connectivity index is 1.19. The number of anilines is 2. The van der Waals surface area contributed by atoms with Crippen LogP contribution in [0.2, 0.25) is 0 Å². The highest BCUT2D eigenvalue weighted by Crippen LogP contribution is 2.25. The molecule has 2 aliphatic rings. The average molecular weight is 548 g/mol. The molecular formula is C29H37N7O4. The van der Waals surface area contributed by atoms with Crippen LogP contribution in [0.15, 0.2) is 36.4 Å². The maximum absolute atomic E-state index is 12.8. The summed E-state index contributed by atoms with van der Waals surface area (Å²) in [5.74, 6) is 0.146. The van der Waals surface area contributed by atoms with E-state index in [0.29, 0.717) is 69.4 Å². The molecule has 2 fully saturated rings. The van der Waals surface area contributed by atoms with E-state index in [1.165, 1.54) is 0 Å². The number of nitrogens with two attached hydrogens (primary N) is 1. The third-order valence-corrected chi connectivity index (χ3v) is 7.61. The van der Waals surface area contributed by atoms with Crippen molar-refractivity contribution in [2.75, 3.05) is 62.7 Å². The zero-order valence-corrected chi connectivity index (χ0v) is 23.1. The van der Waals surface area contributed by atoms with Gasteiger partial charge in [-0.3, -0.25) is 9.89 Å². The number of benzene rings is 2. The fourth-order valence-electron chi connectivity index (χ4n) is 5.37. The number of H-pyrrole nitrogens is 1. The number of amides is 3. The first-order valence-corrected chi connectivity index (χ1v) is 13.7. The Morgan fingerprint density at radius 1 is 0.975 bits per heavy atom. The summed E-state index contributed by atoms with van der Waals surface area (Å²) in [4.78, 5) is 31.2. The van der Waals surface area contributed by atoms with Gasteiger partial charge in [-0.05, 0) is 48.2 Å². The summed E-state index contributed by atoms with van der Waals surface area (Å²) in [6, 6.07) is 12.1. The molecule has 0 atom stereocenters. The van der Waals surface area contributed by atoms with Gasteiger partial charge in [-0.15, -0.1) is 0 Å². The van der Waals surface area contributed by atoms with E-state index < -0.39 is 5.91 Å². The van der Waals surface area contributed by atoms with Crippen molar-refractivity contribution in [3.05, 3.63) is 69.9 Å². The molecule has 11 heteroatoms. The molecule has 2 aliphatic heterocycles. The Labute approximate surface area is 233 Å². The van der Waals surface area contributed by atoms with Gasteiger partial charge in [-0.2, -0.15) is 5.10 Å². The molecule has 0 saturated carbocycles. The lowest BCUT2D eigenvalue weighted by molar-refractivity contribution is 0.0428. The quantitative estimate of drug-likeness (QED) is 0.356. The van der Waals surface area contributed by atoms with Gasteiger partial charge in [0.1, 0.15) is 11.3 Å². The number of urea groups is 1. The minimum Gasteiger partial charge on any atom is -0.507 e. The first-order chi connectivity index (χ1) is 19.3. The molecular weight excluding hydrogens is 510 g/mol. The van der Waals surface area contributed by atoms with Gasteiger partial charge < -0.3 is 35.6 Å². The normalized spacial score (nSPS) is 15.8. The molecule has 5 N–H and O–H groups in total. The van der Waals surface area contributed by atoms with Crippen molar-refractivity contribution in [2.24, 2.45) is 5.73 Å². The molecule has 3 heterocycles. The maximum atomic E-state index is 12.8. The molecule has 2 saturated heterocycles. The van der Waals surface area contributed by atoms with Crippen molar-refractivity contribution in [1.82, 2.24) is 20.0 Å². The van der Waals surface area contributed by atoms with Crippen LogP contribution in [-0.2, 0) is 17.7 Å². The maximum Gasteiger partial charge on any atom is 0.320 e. The zero-order valence-electron chi connectivity index (χ0n) is 23.1. The SMILES string of the molecule is Cc1cc(CNc2n[nH]c(Cc3ccc(N4CCN(C(=O)N5CCOCC5)CC4)cc3)c2C(N)=O)cc(C)c1O. The second-order valence-corrected chi connectivity index (χ2v) is 10.4. The Hall–Kier alpha value is -4.25. The largest absolute Gasteiger partial charge is 0.507 e. The van der Waals surface area contributed by atoms with E-state index in [4.69, 9.17) is 10.5 Å². The van der Waals surface area contributed by atoms with E-state index in [1.807, 2.05) is 47.9 Å². The summed E-state index contributed by atoms with van der Waals surface area (Å²) in [5.41, 5.74) is 11.4. The number of piperazine rings is 1. The van der Waals surface area contributed by atoms with Gasteiger partial charge in [0, 0.05) is 57.9 Å². The third kappa shape index (κ3) is 5.99. The number of phenols is 1. The van der Waals surface area contributed by atoms with Crippen LogP contribution in [0.25, 0.3) is 0 Å². The summed E-state index contributed by atoms with van der Waals surface area (Å²) in [7, 11) is 0. The molecule has 0 aliphatic carbocycles. The molecule has 11 nitrogen and oxygen atoms in total. The Kier molecular flexibility index (Phi) is 8.11. The highest BCUT2D eigenvalue weighted by atomic mass is 16.5. The van der Waals surface area contributed by atoms with E-state index >= 15 is 0 Å². The van der Waals surface area contributed by atoms with Crippen molar-refractivity contribution in [2.45, 2.75) is 26.8 Å². The van der Waals surface area contributed by atoms with Gasteiger partial charge in [0.25, 0.3) is 5.91 Å². The minimum atomic E-state index is -0.551. The zero-order chi connectivity index (χ0) is 28.2. The van der Waals surface area contributed by atoms with Crippen LogP contribution >= 0.6 is 0 Å². The van der Waals surface area contributed by atoms with Gasteiger partial charge >= 0.3 is 6.03 Å². The number of carbonyl (C=O) groups excluding carboxylic acids is 2. The van der Waals surface area contributed by atoms with Crippen LogP contribution in [0.5, 0.6) is 5.75 Å². The number of nitrogens with zero attached hydrogens (tertiary/aromatic N) is 4. The molecule has 0 bridgehead atoms. The second-order valence-electron chi connectivity index (χ2n) is 10.4. The number of nitrogens with one attached hydrogen (secondary N) is 2. The third-order valence-electron chi connectivity index (χ3n) is 7.61. The Morgan fingerprint density at radius 3 is 2.23 bits per heavy atom. The summed E-state index contributed by atoms with van der Waals surface area (Å²) in [6.45, 7) is 9.59. The molecule has 212 valence electrons. The summed E-state index contributed by atoms with van der Waals surface area (Å²) < 4.78 is 5.36. The molecule has 0 spiro atoms. The topological polar surface area (TPSA) is 140 Å². The van der Waals surface area contributed by atoms with Crippen molar-refractivity contribution >= 4 is 23.4 Å². The fourth-order valence-corrected chi connectivity index (χ4v) is 5.37. The standard InChI is InChI=1S/C29H37N7O4/c1-19-15-22(16-20(2)26(19)37)18-31-28-25(27(30)38)24(32-33-28)17-21-3-5-23(6-4-21)34-7-9-35(10-8-34)29(39)36-11-13-40-14-12-36/h3-6,15-16,37H,7-14,17-18H2,1-2H3,(H2,30,38)(H2,31,32,33). The number of phenolic OH excluding ortho intramolecular Hbond substituents is 1. The first-order valence-electron chi connectivity index (χ1n) is 13.7. The second kappa shape index (κ2) is 11.9. The van der Waals surface area contributed by atoms with E-state index in [9.17, 15) is 14.7 Å². The number of ether oxygens (including phenoxy) is 1. The number of carbonyl (C=O) groups is 2. The van der Waals surface area contributed by atoms with Gasteiger partial charge in [-0.1, -0.05) is 24.3 Å². The number of hydrogen-bond donors (Lipinski definition) is 4. The fraction of sp³-hybridized carbons (Fsp3) is 0.414. The summed E-state index contributed by atoms with van der Waals surface area (Å²) in [6.07, 6.45) is 0.479. The lowest BCUT2D eigenvalue weighted by Gasteiger charge is -2.39. The van der Waals surface area contributed by atoms with E-state index in [2.05, 4.69) is 32.5 Å². The van der Waals surface area contributed by atoms with Gasteiger partial charge in [-0.25, -0.2) is 4.79 Å². The first kappa shape index (κ1) is 27.3. The number of aryl methyl sites for hydroxylation is 2. The highest BCUT2D eigenvalue weighted by molar-refractivity contribution is 5.99. The lowest BCUT2D eigenvalue weighted by Crippen LogP contribution is -2.54. The Bertz CT molecular complexity index is 1330. The summed E-state index contributed by atoms with van der Waals surface area (Å²) in [5, 5.41) is 20.5. The monoisotopic (exact) mass is 547 g/mol. The summed E-state index contributed by atoms with van der Waals surface area (Å²) >= 11 is 0. The van der Waals surface area contributed by atoms with Gasteiger partial charge in [0.2, 0.25) is 0 Å². The predicted octanol–water partition coefficient (Wildman–Crippen LogP) is 2.61. The number of aromatic hydroxyl groups is 1. The molecule has 0 unspecified atom stereocenters. The molecule has 40 heavy (non-hydrogen) atoms. The van der Waals surface area contributed by atoms with Crippen LogP contribution in [0, 0.1) is 13.8 Å². The molecule has 0 radical (unpaired) electrons. The molecule has 5 rings (SSSR count). The minimum absolute atomic E-state index is 0.102. The van der Waals surface area contributed by atoms with E-state index in [0.717, 1.165) is 41.0 Å². The van der Waals surface area contributed by atoms with E-state index in [1.54, 1.807) is 0 Å². The van der Waals surface area contributed by atoms with Crippen molar-refractivity contribution in [1.29, 1.82) is 0 Å². The molecule has 1 aromatic heterocycles. The smallest absolute Gasteiger partial charge is 0.320 e. The molecule has 3 aromatic rings. The Morgan fingerprint density at radius 2 is 1.60 bits per heavy atom. The van der Waals surface area contributed by atoms with Crippen LogP contribution in [-0.4, -0.2) is 89.5 Å². The molecule has 3 amide bonds. The van der Waals surface area contributed by atoms with Crippen LogP contribution in [0.3, 0.4) is 0 Å². The number of primary amides is 1. The van der Waals surface area contributed by atoms with Crippen LogP contribution < -0.4 is 16.0 Å². The van der Waals surface area contributed by atoms with Crippen molar-refractivity contribution in [3.8, 4) is 5.75 Å². The van der Waals surface area contributed by atoms with Crippen molar-refractivity contribution in [3.63, 3.8) is 0 Å². The van der Waals surface area contributed by atoms with E-state index in [-0.39, 0.29) is 11.8 Å². The molecule has 2 aromatic carbocycles. The number of aromatic nitrogens is 2. The number of morpholine rings is 1. The average Bonchev–Trinajstić information content (AvgIpc) is 3.38. The number of aromatic amines is 1. The van der Waals surface area contributed by atoms with Gasteiger partial charge in [0.15, 0.2) is 5.82 Å². The highest BCUT2D eigenvalue weighted by Gasteiger charge is 2.26. The predicted molar refractivity (Wildman–Crippen MR) is 153 cm³/mol. The van der Waals surface area contributed by atoms with Crippen molar-refractivity contribution < 1.29 is 19.4 Å².